The van der Waals surface area contributed by atoms with Crippen molar-refractivity contribution in [2.24, 2.45) is 5.73 Å². The number of carbonyl (C=O) groups is 1. The number of benzene rings is 1. The Morgan fingerprint density at radius 3 is 2.28 bits per heavy atom. The molecule has 0 aromatic heterocycles. The molecule has 0 saturated carbocycles. The molecule has 1 rings (SSSR count). The zero-order valence-electron chi connectivity index (χ0n) is 9.47. The summed E-state index contributed by atoms with van der Waals surface area (Å²) in [6.07, 6.45) is 0.438. The van der Waals surface area contributed by atoms with Crippen LogP contribution in [0.5, 0.6) is 0 Å². The minimum absolute atomic E-state index is 0.0638. The fraction of sp³-hybridized carbons (Fsp3) is 0.273. The molecule has 0 bridgehead atoms. The van der Waals surface area contributed by atoms with Gasteiger partial charge in [-0.2, -0.15) is 0 Å². The molecule has 1 unspecified atom stereocenters. The molecule has 1 aromatic carbocycles. The van der Waals surface area contributed by atoms with Crippen LogP contribution < -0.4 is 11.1 Å². The molecule has 18 heavy (non-hydrogen) atoms. The third kappa shape index (κ3) is 3.19. The molecule has 1 amide bonds. The lowest BCUT2D eigenvalue weighted by molar-refractivity contribution is 0.0945. The molecule has 3 nitrogen and oxygen atoms in total. The van der Waals surface area contributed by atoms with Crippen molar-refractivity contribution in [2.75, 3.05) is 0 Å². The minimum atomic E-state index is -1.62. The molecule has 0 aliphatic carbocycles. The van der Waals surface area contributed by atoms with Crippen molar-refractivity contribution in [3.05, 3.63) is 35.1 Å². The number of rotatable bonds is 4. The topological polar surface area (TPSA) is 55.1 Å². The van der Waals surface area contributed by atoms with Gasteiger partial charge >= 0.3 is 0 Å². The van der Waals surface area contributed by atoms with Gasteiger partial charge in [-0.1, -0.05) is 19.1 Å². The standard InChI is InChI=1S/C11H11F3N2OS/c1-2-8(10(15)18)16-11(17)5-3-6(12)9(14)7(13)4-5/h3-4,8H,2H2,1H3,(H2,15,18)(H,16,17). The minimum Gasteiger partial charge on any atom is -0.392 e. The summed E-state index contributed by atoms with van der Waals surface area (Å²) in [4.78, 5) is 11.7. The number of thiocarbonyl (C=S) groups is 1. The van der Waals surface area contributed by atoms with Gasteiger partial charge in [0.25, 0.3) is 5.91 Å². The molecule has 0 saturated heterocycles. The van der Waals surface area contributed by atoms with E-state index in [1.807, 2.05) is 0 Å². The van der Waals surface area contributed by atoms with Gasteiger partial charge in [0, 0.05) is 5.56 Å². The van der Waals surface area contributed by atoms with E-state index in [0.717, 1.165) is 0 Å². The molecular weight excluding hydrogens is 265 g/mol. The molecule has 98 valence electrons. The van der Waals surface area contributed by atoms with E-state index in [4.69, 9.17) is 18.0 Å². The van der Waals surface area contributed by atoms with Gasteiger partial charge in [0.05, 0.1) is 11.0 Å². The van der Waals surface area contributed by atoms with E-state index in [1.165, 1.54) is 0 Å². The number of nitrogens with two attached hydrogens (primary N) is 1. The molecule has 0 aliphatic heterocycles. The van der Waals surface area contributed by atoms with E-state index >= 15 is 0 Å². The molecule has 7 heteroatoms. The average molecular weight is 276 g/mol. The van der Waals surface area contributed by atoms with E-state index in [2.05, 4.69) is 5.32 Å². The van der Waals surface area contributed by atoms with Crippen LogP contribution in [0.15, 0.2) is 12.1 Å². The van der Waals surface area contributed by atoms with E-state index in [0.29, 0.717) is 18.6 Å². The number of halogens is 3. The summed E-state index contributed by atoms with van der Waals surface area (Å²) in [5, 5.41) is 2.40. The van der Waals surface area contributed by atoms with Crippen molar-refractivity contribution in [1.29, 1.82) is 0 Å². The molecule has 0 fully saturated rings. The van der Waals surface area contributed by atoms with Crippen LogP contribution in [-0.2, 0) is 0 Å². The van der Waals surface area contributed by atoms with Gasteiger partial charge in [0.2, 0.25) is 0 Å². The van der Waals surface area contributed by atoms with E-state index in [9.17, 15) is 18.0 Å². The lowest BCUT2D eigenvalue weighted by Crippen LogP contribution is -2.43. The van der Waals surface area contributed by atoms with Gasteiger partial charge in [0.15, 0.2) is 17.5 Å². The Morgan fingerprint density at radius 2 is 1.89 bits per heavy atom. The van der Waals surface area contributed by atoms with Gasteiger partial charge in [-0.05, 0) is 18.6 Å². The smallest absolute Gasteiger partial charge is 0.252 e. The second-order valence-electron chi connectivity index (χ2n) is 3.59. The number of nitrogens with one attached hydrogen (secondary N) is 1. The summed E-state index contributed by atoms with van der Waals surface area (Å²) < 4.78 is 38.6. The van der Waals surface area contributed by atoms with Crippen LogP contribution in [-0.4, -0.2) is 16.9 Å². The number of amides is 1. The summed E-state index contributed by atoms with van der Waals surface area (Å²) >= 11 is 4.71. The Morgan fingerprint density at radius 1 is 1.39 bits per heavy atom. The quantitative estimate of drug-likeness (QED) is 0.652. The Hall–Kier alpha value is -1.63. The maximum absolute atomic E-state index is 12.9. The largest absolute Gasteiger partial charge is 0.392 e. The van der Waals surface area contributed by atoms with E-state index in [-0.39, 0.29) is 10.6 Å². The Kier molecular flexibility index (Phi) is 4.66. The Labute approximate surface area is 107 Å². The summed E-state index contributed by atoms with van der Waals surface area (Å²) in [6, 6.07) is 0.642. The van der Waals surface area contributed by atoms with Crippen molar-refractivity contribution in [2.45, 2.75) is 19.4 Å². The first kappa shape index (κ1) is 14.4. The maximum Gasteiger partial charge on any atom is 0.252 e. The monoisotopic (exact) mass is 276 g/mol. The van der Waals surface area contributed by atoms with Gasteiger partial charge in [-0.15, -0.1) is 0 Å². The molecular formula is C11H11F3N2OS. The highest BCUT2D eigenvalue weighted by molar-refractivity contribution is 7.80. The molecule has 3 N–H and O–H groups in total. The SMILES string of the molecule is CCC(NC(=O)c1cc(F)c(F)c(F)c1)C(N)=S. The van der Waals surface area contributed by atoms with Crippen molar-refractivity contribution < 1.29 is 18.0 Å². The van der Waals surface area contributed by atoms with Crippen LogP contribution in [0, 0.1) is 17.5 Å². The first-order chi connectivity index (χ1) is 8.36. The maximum atomic E-state index is 12.9. The van der Waals surface area contributed by atoms with Crippen molar-refractivity contribution in [3.63, 3.8) is 0 Å². The van der Waals surface area contributed by atoms with E-state index in [1.54, 1.807) is 6.92 Å². The fourth-order valence-corrected chi connectivity index (χ4v) is 1.53. The summed E-state index contributed by atoms with van der Waals surface area (Å²) in [5.74, 6) is -5.24. The third-order valence-electron chi connectivity index (χ3n) is 2.30. The Balaban J connectivity index is 2.94. The highest BCUT2D eigenvalue weighted by Gasteiger charge is 2.18. The van der Waals surface area contributed by atoms with Crippen LogP contribution in [0.2, 0.25) is 0 Å². The predicted octanol–water partition coefficient (Wildman–Crippen LogP) is 1.90. The second-order valence-corrected chi connectivity index (χ2v) is 4.06. The van der Waals surface area contributed by atoms with Crippen LogP contribution in [0.4, 0.5) is 13.2 Å². The van der Waals surface area contributed by atoms with Crippen molar-refractivity contribution in [3.8, 4) is 0 Å². The molecule has 1 atom stereocenters. The summed E-state index contributed by atoms with van der Waals surface area (Å²) in [5.41, 5.74) is 5.03. The van der Waals surface area contributed by atoms with Gasteiger partial charge in [-0.25, -0.2) is 13.2 Å². The highest BCUT2D eigenvalue weighted by atomic mass is 32.1. The molecule has 0 heterocycles. The second kappa shape index (κ2) is 5.81. The first-order valence-electron chi connectivity index (χ1n) is 5.11. The van der Waals surface area contributed by atoms with Crippen LogP contribution in [0.3, 0.4) is 0 Å². The average Bonchev–Trinajstić information content (AvgIpc) is 2.31. The van der Waals surface area contributed by atoms with Gasteiger partial charge < -0.3 is 11.1 Å². The van der Waals surface area contributed by atoms with Crippen LogP contribution in [0.25, 0.3) is 0 Å². The number of hydrogen-bond acceptors (Lipinski definition) is 2. The zero-order chi connectivity index (χ0) is 13.9. The summed E-state index contributed by atoms with van der Waals surface area (Å²) in [6.45, 7) is 1.73. The molecule has 0 spiro atoms. The number of carbonyl (C=O) groups excluding carboxylic acids is 1. The first-order valence-corrected chi connectivity index (χ1v) is 5.52. The third-order valence-corrected chi connectivity index (χ3v) is 2.59. The van der Waals surface area contributed by atoms with Crippen LogP contribution in [0.1, 0.15) is 23.7 Å². The normalized spacial score (nSPS) is 12.0. The lowest BCUT2D eigenvalue weighted by Gasteiger charge is -2.15. The molecule has 1 aromatic rings. The lowest BCUT2D eigenvalue weighted by atomic mass is 10.1. The zero-order valence-corrected chi connectivity index (χ0v) is 10.3. The molecule has 0 aliphatic rings. The number of hydrogen-bond donors (Lipinski definition) is 2. The fourth-order valence-electron chi connectivity index (χ4n) is 1.30. The summed E-state index contributed by atoms with van der Waals surface area (Å²) in [7, 11) is 0. The van der Waals surface area contributed by atoms with E-state index < -0.39 is 29.4 Å². The van der Waals surface area contributed by atoms with Gasteiger partial charge in [-0.3, -0.25) is 4.79 Å². The molecule has 0 radical (unpaired) electrons. The Bertz CT molecular complexity index is 470. The van der Waals surface area contributed by atoms with Crippen molar-refractivity contribution in [1.82, 2.24) is 5.32 Å². The predicted molar refractivity (Wildman–Crippen MR) is 64.6 cm³/mol. The van der Waals surface area contributed by atoms with Crippen LogP contribution >= 0.6 is 12.2 Å². The van der Waals surface area contributed by atoms with Crippen molar-refractivity contribution >= 4 is 23.1 Å². The highest BCUT2D eigenvalue weighted by Crippen LogP contribution is 2.13. The van der Waals surface area contributed by atoms with Gasteiger partial charge in [0.1, 0.15) is 0 Å².